The van der Waals surface area contributed by atoms with Crippen molar-refractivity contribution in [2.24, 2.45) is 4.99 Å². The summed E-state index contributed by atoms with van der Waals surface area (Å²) in [5.74, 6) is 4.12. The van der Waals surface area contributed by atoms with Gasteiger partial charge in [-0.05, 0) is 25.5 Å². The van der Waals surface area contributed by atoms with E-state index in [0.29, 0.717) is 32.3 Å². The number of rotatable bonds is 9. The smallest absolute Gasteiger partial charge is 0.192 e. The first kappa shape index (κ1) is 18.9. The van der Waals surface area contributed by atoms with Crippen LogP contribution in [-0.2, 0) is 11.3 Å². The quantitative estimate of drug-likeness (QED) is 0.317. The lowest BCUT2D eigenvalue weighted by molar-refractivity contribution is 0.172. The van der Waals surface area contributed by atoms with Crippen molar-refractivity contribution in [2.75, 3.05) is 33.4 Å². The number of terminal acetylenes is 1. The maximum absolute atomic E-state index is 5.87. The van der Waals surface area contributed by atoms with E-state index in [-0.39, 0.29) is 0 Å². The van der Waals surface area contributed by atoms with Gasteiger partial charge in [0, 0.05) is 32.2 Å². The van der Waals surface area contributed by atoms with Gasteiger partial charge in [0.15, 0.2) is 5.96 Å². The number of methoxy groups -OCH3 is 1. The van der Waals surface area contributed by atoms with Gasteiger partial charge in [0.25, 0.3) is 0 Å². The summed E-state index contributed by atoms with van der Waals surface area (Å²) in [6.45, 7) is 7.14. The van der Waals surface area contributed by atoms with E-state index in [1.54, 1.807) is 7.11 Å². The molecule has 0 radical (unpaired) electrons. The van der Waals surface area contributed by atoms with E-state index in [0.717, 1.165) is 29.8 Å². The molecule has 0 aliphatic carbocycles. The Morgan fingerprint density at radius 2 is 2.13 bits per heavy atom. The zero-order valence-electron chi connectivity index (χ0n) is 14.3. The summed E-state index contributed by atoms with van der Waals surface area (Å²) in [4.78, 5) is 4.55. The summed E-state index contributed by atoms with van der Waals surface area (Å²) in [5.41, 5.74) is 2.21. The van der Waals surface area contributed by atoms with Crippen molar-refractivity contribution in [1.82, 2.24) is 10.6 Å². The average molecular weight is 317 g/mol. The maximum atomic E-state index is 5.87. The summed E-state index contributed by atoms with van der Waals surface area (Å²) < 4.78 is 10.9. The molecule has 5 nitrogen and oxygen atoms in total. The Balaban J connectivity index is 2.74. The Kier molecular flexibility index (Phi) is 9.34. The highest BCUT2D eigenvalue weighted by Gasteiger charge is 2.05. The van der Waals surface area contributed by atoms with Gasteiger partial charge < -0.3 is 20.1 Å². The van der Waals surface area contributed by atoms with Crippen LogP contribution in [0.3, 0.4) is 0 Å². The van der Waals surface area contributed by atoms with Gasteiger partial charge in [-0.3, -0.25) is 0 Å². The van der Waals surface area contributed by atoms with Crippen molar-refractivity contribution < 1.29 is 9.47 Å². The van der Waals surface area contributed by atoms with Crippen LogP contribution in [0.15, 0.2) is 23.2 Å². The second-order valence-electron chi connectivity index (χ2n) is 5.06. The molecule has 0 aliphatic heterocycles. The molecule has 2 N–H and O–H groups in total. The largest absolute Gasteiger partial charge is 0.493 e. The molecule has 0 saturated carbocycles. The van der Waals surface area contributed by atoms with E-state index < -0.39 is 0 Å². The molecule has 0 atom stereocenters. The third-order valence-electron chi connectivity index (χ3n) is 3.08. The topological polar surface area (TPSA) is 54.9 Å². The summed E-state index contributed by atoms with van der Waals surface area (Å²) in [5, 5.41) is 6.24. The van der Waals surface area contributed by atoms with Crippen molar-refractivity contribution in [1.29, 1.82) is 0 Å². The van der Waals surface area contributed by atoms with Crippen LogP contribution in [0.4, 0.5) is 0 Å². The van der Waals surface area contributed by atoms with E-state index in [2.05, 4.69) is 33.7 Å². The standard InChI is InChI=1S/C18H27N3O2/c1-5-10-20-18(19-6-2)21-14-16-9-8-15(3)13-17(16)23-12-7-11-22-4/h1,8-9,13H,6-7,10-12,14H2,2-4H3,(H2,19,20,21). The second-order valence-corrected chi connectivity index (χ2v) is 5.06. The fourth-order valence-corrected chi connectivity index (χ4v) is 1.95. The van der Waals surface area contributed by atoms with Crippen molar-refractivity contribution in [2.45, 2.75) is 26.8 Å². The highest BCUT2D eigenvalue weighted by Crippen LogP contribution is 2.21. The highest BCUT2D eigenvalue weighted by molar-refractivity contribution is 5.80. The molecule has 0 heterocycles. The first-order valence-corrected chi connectivity index (χ1v) is 7.88. The summed E-state index contributed by atoms with van der Waals surface area (Å²) in [6, 6.07) is 6.16. The van der Waals surface area contributed by atoms with Crippen molar-refractivity contribution in [3.05, 3.63) is 29.3 Å². The van der Waals surface area contributed by atoms with Gasteiger partial charge in [-0.25, -0.2) is 4.99 Å². The third kappa shape index (κ3) is 7.57. The van der Waals surface area contributed by atoms with Gasteiger partial charge in [-0.15, -0.1) is 6.42 Å². The third-order valence-corrected chi connectivity index (χ3v) is 3.08. The molecule has 0 aliphatic rings. The van der Waals surface area contributed by atoms with Gasteiger partial charge >= 0.3 is 0 Å². The SMILES string of the molecule is C#CCNC(=NCc1ccc(C)cc1OCCCOC)NCC. The molecule has 23 heavy (non-hydrogen) atoms. The van der Waals surface area contributed by atoms with Crippen molar-refractivity contribution in [3.63, 3.8) is 0 Å². The van der Waals surface area contributed by atoms with E-state index >= 15 is 0 Å². The van der Waals surface area contributed by atoms with Crippen molar-refractivity contribution >= 4 is 5.96 Å². The Morgan fingerprint density at radius 3 is 2.83 bits per heavy atom. The summed E-state index contributed by atoms with van der Waals surface area (Å²) in [7, 11) is 1.69. The Bertz CT molecular complexity index is 536. The molecule has 0 fully saturated rings. The van der Waals surface area contributed by atoms with Crippen LogP contribution < -0.4 is 15.4 Å². The zero-order valence-corrected chi connectivity index (χ0v) is 14.3. The van der Waals surface area contributed by atoms with E-state index in [4.69, 9.17) is 15.9 Å². The molecule has 126 valence electrons. The number of nitrogens with one attached hydrogen (secondary N) is 2. The van der Waals surface area contributed by atoms with Gasteiger partial charge in [-0.2, -0.15) is 0 Å². The molecule has 1 rings (SSSR count). The Morgan fingerprint density at radius 1 is 1.30 bits per heavy atom. The Labute approximate surface area is 139 Å². The molecule has 0 amide bonds. The maximum Gasteiger partial charge on any atom is 0.192 e. The molecule has 0 bridgehead atoms. The average Bonchev–Trinajstić information content (AvgIpc) is 2.55. The van der Waals surface area contributed by atoms with Crippen LogP contribution >= 0.6 is 0 Å². The molecular weight excluding hydrogens is 290 g/mol. The normalized spacial score (nSPS) is 11.0. The second kappa shape index (κ2) is 11.4. The molecule has 1 aromatic carbocycles. The number of benzene rings is 1. The lowest BCUT2D eigenvalue weighted by Gasteiger charge is -2.13. The number of hydrogen-bond donors (Lipinski definition) is 2. The number of aliphatic imine (C=N–C) groups is 1. The van der Waals surface area contributed by atoms with Crippen molar-refractivity contribution in [3.8, 4) is 18.1 Å². The van der Waals surface area contributed by atoms with Gasteiger partial charge in [0.05, 0.1) is 19.7 Å². The monoisotopic (exact) mass is 317 g/mol. The van der Waals surface area contributed by atoms with Crippen LogP contribution in [-0.4, -0.2) is 39.4 Å². The number of hydrogen-bond acceptors (Lipinski definition) is 3. The fraction of sp³-hybridized carbons (Fsp3) is 0.500. The lowest BCUT2D eigenvalue weighted by Crippen LogP contribution is -2.37. The molecule has 5 heteroatoms. The van der Waals surface area contributed by atoms with Crippen LogP contribution in [0, 0.1) is 19.3 Å². The first-order chi connectivity index (χ1) is 11.2. The predicted molar refractivity (Wildman–Crippen MR) is 94.8 cm³/mol. The number of nitrogens with zero attached hydrogens (tertiary/aromatic N) is 1. The van der Waals surface area contributed by atoms with E-state index in [1.165, 1.54) is 0 Å². The molecule has 0 spiro atoms. The minimum absolute atomic E-state index is 0.445. The Hall–Kier alpha value is -2.19. The highest BCUT2D eigenvalue weighted by atomic mass is 16.5. The van der Waals surface area contributed by atoms with Gasteiger partial charge in [-0.1, -0.05) is 18.1 Å². The van der Waals surface area contributed by atoms with Crippen LogP contribution in [0.1, 0.15) is 24.5 Å². The van der Waals surface area contributed by atoms with Gasteiger partial charge in [0.2, 0.25) is 0 Å². The minimum Gasteiger partial charge on any atom is -0.493 e. The molecule has 0 unspecified atom stereocenters. The summed E-state index contributed by atoms with van der Waals surface area (Å²) in [6.07, 6.45) is 6.14. The van der Waals surface area contributed by atoms with Crippen LogP contribution in [0.2, 0.25) is 0 Å². The summed E-state index contributed by atoms with van der Waals surface area (Å²) >= 11 is 0. The van der Waals surface area contributed by atoms with Gasteiger partial charge in [0.1, 0.15) is 5.75 Å². The molecule has 0 saturated heterocycles. The zero-order chi connectivity index (χ0) is 16.9. The fourth-order valence-electron chi connectivity index (χ4n) is 1.95. The lowest BCUT2D eigenvalue weighted by atomic mass is 10.1. The van der Waals surface area contributed by atoms with Crippen LogP contribution in [0.5, 0.6) is 5.75 Å². The predicted octanol–water partition coefficient (Wildman–Crippen LogP) is 2.10. The van der Waals surface area contributed by atoms with E-state index in [9.17, 15) is 0 Å². The number of ether oxygens (including phenoxy) is 2. The molecule has 1 aromatic rings. The van der Waals surface area contributed by atoms with E-state index in [1.807, 2.05) is 19.9 Å². The molecular formula is C18H27N3O2. The number of aryl methyl sites for hydroxylation is 1. The number of guanidine groups is 1. The molecule has 0 aromatic heterocycles. The first-order valence-electron chi connectivity index (χ1n) is 7.88. The minimum atomic E-state index is 0.445. The van der Waals surface area contributed by atoms with Crippen LogP contribution in [0.25, 0.3) is 0 Å².